The van der Waals surface area contributed by atoms with Gasteiger partial charge in [0.15, 0.2) is 0 Å². The van der Waals surface area contributed by atoms with E-state index >= 15 is 0 Å². The molecule has 6 nitrogen and oxygen atoms in total. The van der Waals surface area contributed by atoms with Gasteiger partial charge >= 0.3 is 0 Å². The standard InChI is InChI=1S/C18H29N5O.2ClH/c1-22-11-13(8-20-22)16-9-19-10-17(16)18(24)21-14-6-7-23(12-14)15-4-2-3-5-15;;/h8,11,14-17,19H,2-7,9-10,12H2,1H3,(H,21,24);2*1H/t14?,16-,17+;;/m1../s1. The van der Waals surface area contributed by atoms with Gasteiger partial charge in [0.25, 0.3) is 0 Å². The molecule has 3 atom stereocenters. The third-order valence-corrected chi connectivity index (χ3v) is 6.11. The van der Waals surface area contributed by atoms with Crippen molar-refractivity contribution < 1.29 is 4.79 Å². The summed E-state index contributed by atoms with van der Waals surface area (Å²) in [7, 11) is 1.93. The van der Waals surface area contributed by atoms with Gasteiger partial charge in [-0.05, 0) is 24.8 Å². The summed E-state index contributed by atoms with van der Waals surface area (Å²) in [5.74, 6) is 0.480. The minimum Gasteiger partial charge on any atom is -0.352 e. The Hall–Kier alpha value is -0.820. The van der Waals surface area contributed by atoms with E-state index in [1.165, 1.54) is 31.2 Å². The number of halogens is 2. The number of carbonyl (C=O) groups is 1. The molecule has 2 aliphatic heterocycles. The number of hydrogen-bond donors (Lipinski definition) is 2. The average Bonchev–Trinajstić information content (AvgIpc) is 3.34. The van der Waals surface area contributed by atoms with E-state index in [-0.39, 0.29) is 42.6 Å². The van der Waals surface area contributed by atoms with Gasteiger partial charge in [0.1, 0.15) is 0 Å². The van der Waals surface area contributed by atoms with Gasteiger partial charge in [0.05, 0.1) is 12.1 Å². The van der Waals surface area contributed by atoms with Crippen molar-refractivity contribution in [2.24, 2.45) is 13.0 Å². The second-order valence-corrected chi connectivity index (χ2v) is 7.75. The molecular formula is C18H31Cl2N5O. The molecule has 3 fully saturated rings. The predicted octanol–water partition coefficient (Wildman–Crippen LogP) is 1.70. The molecule has 4 rings (SSSR count). The van der Waals surface area contributed by atoms with Gasteiger partial charge in [-0.15, -0.1) is 24.8 Å². The molecule has 2 saturated heterocycles. The van der Waals surface area contributed by atoms with E-state index in [0.717, 1.165) is 38.6 Å². The highest BCUT2D eigenvalue weighted by atomic mass is 35.5. The molecule has 1 amide bonds. The van der Waals surface area contributed by atoms with E-state index in [4.69, 9.17) is 0 Å². The number of hydrogen-bond acceptors (Lipinski definition) is 4. The van der Waals surface area contributed by atoms with Crippen LogP contribution in [0.15, 0.2) is 12.4 Å². The molecule has 3 heterocycles. The monoisotopic (exact) mass is 403 g/mol. The molecule has 1 aromatic heterocycles. The van der Waals surface area contributed by atoms with Crippen LogP contribution in [0.5, 0.6) is 0 Å². The van der Waals surface area contributed by atoms with Crippen molar-refractivity contribution in [1.82, 2.24) is 25.3 Å². The lowest BCUT2D eigenvalue weighted by Crippen LogP contribution is -2.43. The normalized spacial score (nSPS) is 29.3. The highest BCUT2D eigenvalue weighted by molar-refractivity contribution is 5.85. The molecule has 0 spiro atoms. The predicted molar refractivity (Wildman–Crippen MR) is 107 cm³/mol. The first-order chi connectivity index (χ1) is 11.7. The second kappa shape index (κ2) is 9.40. The molecule has 0 radical (unpaired) electrons. The topological polar surface area (TPSA) is 62.2 Å². The molecule has 0 aromatic carbocycles. The van der Waals surface area contributed by atoms with Crippen molar-refractivity contribution in [3.63, 3.8) is 0 Å². The van der Waals surface area contributed by atoms with Crippen LogP contribution in [0.1, 0.15) is 43.6 Å². The number of amides is 1. The first-order valence-corrected chi connectivity index (χ1v) is 9.44. The highest BCUT2D eigenvalue weighted by Crippen LogP contribution is 2.29. The number of carbonyl (C=O) groups excluding carboxylic acids is 1. The Balaban J connectivity index is 0.00000121. The van der Waals surface area contributed by atoms with Crippen LogP contribution in [0.4, 0.5) is 0 Å². The quantitative estimate of drug-likeness (QED) is 0.802. The fourth-order valence-electron chi connectivity index (χ4n) is 4.75. The third kappa shape index (κ3) is 4.53. The fourth-order valence-corrected chi connectivity index (χ4v) is 4.75. The number of aryl methyl sites for hydroxylation is 1. The van der Waals surface area contributed by atoms with Crippen molar-refractivity contribution in [3.05, 3.63) is 18.0 Å². The Labute approximate surface area is 168 Å². The smallest absolute Gasteiger partial charge is 0.225 e. The van der Waals surface area contributed by atoms with Crippen LogP contribution in [-0.2, 0) is 11.8 Å². The summed E-state index contributed by atoms with van der Waals surface area (Å²) in [4.78, 5) is 15.4. The number of aromatic nitrogens is 2. The molecule has 1 saturated carbocycles. The van der Waals surface area contributed by atoms with Crippen LogP contribution in [0.3, 0.4) is 0 Å². The van der Waals surface area contributed by atoms with E-state index in [2.05, 4.69) is 20.6 Å². The van der Waals surface area contributed by atoms with E-state index < -0.39 is 0 Å². The van der Waals surface area contributed by atoms with Crippen molar-refractivity contribution in [2.45, 2.75) is 50.1 Å². The molecule has 3 aliphatic rings. The van der Waals surface area contributed by atoms with Gasteiger partial charge in [0, 0.05) is 57.4 Å². The maximum absolute atomic E-state index is 12.8. The second-order valence-electron chi connectivity index (χ2n) is 7.75. The maximum atomic E-state index is 12.8. The summed E-state index contributed by atoms with van der Waals surface area (Å²) < 4.78 is 1.82. The Morgan fingerprint density at radius 2 is 2.00 bits per heavy atom. The Bertz CT molecular complexity index is 590. The molecular weight excluding hydrogens is 373 g/mol. The summed E-state index contributed by atoms with van der Waals surface area (Å²) in [5.41, 5.74) is 1.17. The Morgan fingerprint density at radius 1 is 1.23 bits per heavy atom. The summed E-state index contributed by atoms with van der Waals surface area (Å²) in [6, 6.07) is 1.09. The lowest BCUT2D eigenvalue weighted by molar-refractivity contribution is -0.125. The zero-order valence-corrected chi connectivity index (χ0v) is 17.0. The van der Waals surface area contributed by atoms with Gasteiger partial charge in [-0.2, -0.15) is 5.10 Å². The van der Waals surface area contributed by atoms with Gasteiger partial charge in [-0.25, -0.2) is 0 Å². The first-order valence-electron chi connectivity index (χ1n) is 9.44. The van der Waals surface area contributed by atoms with Gasteiger partial charge < -0.3 is 10.6 Å². The van der Waals surface area contributed by atoms with Crippen LogP contribution >= 0.6 is 24.8 Å². The minimum absolute atomic E-state index is 0. The maximum Gasteiger partial charge on any atom is 0.225 e. The van der Waals surface area contributed by atoms with Crippen molar-refractivity contribution in [2.75, 3.05) is 26.2 Å². The summed E-state index contributed by atoms with van der Waals surface area (Å²) in [6.45, 7) is 3.81. The van der Waals surface area contributed by atoms with Gasteiger partial charge in [0.2, 0.25) is 5.91 Å². The highest BCUT2D eigenvalue weighted by Gasteiger charge is 2.37. The number of nitrogens with zero attached hydrogens (tertiary/aromatic N) is 3. The molecule has 148 valence electrons. The number of nitrogens with one attached hydrogen (secondary N) is 2. The van der Waals surface area contributed by atoms with E-state index in [9.17, 15) is 4.79 Å². The van der Waals surface area contributed by atoms with E-state index in [1.54, 1.807) is 0 Å². The SMILES string of the molecule is Cl.Cl.Cn1cc([C@H]2CNC[C@@H]2C(=O)NC2CCN(C3CCCC3)C2)cn1. The van der Waals surface area contributed by atoms with E-state index in [1.807, 2.05) is 24.1 Å². The molecule has 2 N–H and O–H groups in total. The van der Waals surface area contributed by atoms with Crippen LogP contribution in [0.25, 0.3) is 0 Å². The molecule has 1 aliphatic carbocycles. The third-order valence-electron chi connectivity index (χ3n) is 6.11. The van der Waals surface area contributed by atoms with Gasteiger partial charge in [-0.1, -0.05) is 12.8 Å². The van der Waals surface area contributed by atoms with Crippen molar-refractivity contribution >= 4 is 30.7 Å². The lowest BCUT2D eigenvalue weighted by Gasteiger charge is -2.24. The van der Waals surface area contributed by atoms with E-state index in [0.29, 0.717) is 6.04 Å². The molecule has 1 aromatic rings. The Kier molecular flexibility index (Phi) is 7.76. The Morgan fingerprint density at radius 3 is 2.69 bits per heavy atom. The lowest BCUT2D eigenvalue weighted by atomic mass is 9.90. The van der Waals surface area contributed by atoms with Crippen LogP contribution in [0, 0.1) is 5.92 Å². The molecule has 1 unspecified atom stereocenters. The van der Waals surface area contributed by atoms with Crippen LogP contribution < -0.4 is 10.6 Å². The van der Waals surface area contributed by atoms with Gasteiger partial charge in [-0.3, -0.25) is 14.4 Å². The average molecular weight is 404 g/mol. The summed E-state index contributed by atoms with van der Waals surface area (Å²) >= 11 is 0. The van der Waals surface area contributed by atoms with Crippen molar-refractivity contribution in [1.29, 1.82) is 0 Å². The number of rotatable bonds is 4. The zero-order chi connectivity index (χ0) is 16.5. The van der Waals surface area contributed by atoms with Crippen molar-refractivity contribution in [3.8, 4) is 0 Å². The first kappa shape index (κ1) is 21.5. The fraction of sp³-hybridized carbons (Fsp3) is 0.778. The minimum atomic E-state index is 0. The molecule has 8 heteroatoms. The number of likely N-dealkylation sites (tertiary alicyclic amines) is 1. The zero-order valence-electron chi connectivity index (χ0n) is 15.4. The molecule has 0 bridgehead atoms. The molecule has 26 heavy (non-hydrogen) atoms. The summed E-state index contributed by atoms with van der Waals surface area (Å²) in [5, 5.41) is 11.0. The van der Waals surface area contributed by atoms with Crippen LogP contribution in [-0.4, -0.2) is 58.9 Å². The summed E-state index contributed by atoms with van der Waals surface area (Å²) in [6.07, 6.45) is 10.5. The van der Waals surface area contributed by atoms with Crippen LogP contribution in [0.2, 0.25) is 0 Å². The largest absolute Gasteiger partial charge is 0.352 e.